The molecule has 0 bridgehead atoms. The van der Waals surface area contributed by atoms with E-state index in [2.05, 4.69) is 5.32 Å². The van der Waals surface area contributed by atoms with Crippen molar-refractivity contribution in [1.29, 1.82) is 0 Å². The molecule has 1 rings (SSSR count). The van der Waals surface area contributed by atoms with Gasteiger partial charge in [0.1, 0.15) is 0 Å². The summed E-state index contributed by atoms with van der Waals surface area (Å²) < 4.78 is 0. The smallest absolute Gasteiger partial charge is 0.308 e. The highest BCUT2D eigenvalue weighted by molar-refractivity contribution is 7.10. The maximum absolute atomic E-state index is 11.3. The first-order chi connectivity index (χ1) is 7.09. The van der Waals surface area contributed by atoms with Crippen LogP contribution in [0.1, 0.15) is 11.8 Å². The number of rotatable bonds is 5. The van der Waals surface area contributed by atoms with Crippen LogP contribution in [0.25, 0.3) is 0 Å². The van der Waals surface area contributed by atoms with Crippen molar-refractivity contribution >= 4 is 23.2 Å². The third-order valence-electron chi connectivity index (χ3n) is 1.94. The molecule has 0 aromatic carbocycles. The zero-order valence-corrected chi connectivity index (χ0v) is 9.21. The predicted molar refractivity (Wildman–Crippen MR) is 57.8 cm³/mol. The third-order valence-corrected chi connectivity index (χ3v) is 2.82. The maximum Gasteiger partial charge on any atom is 0.308 e. The van der Waals surface area contributed by atoms with Crippen LogP contribution in [0.5, 0.6) is 0 Å². The summed E-state index contributed by atoms with van der Waals surface area (Å²) in [5.41, 5.74) is 0. The minimum Gasteiger partial charge on any atom is -0.481 e. The monoisotopic (exact) mass is 227 g/mol. The summed E-state index contributed by atoms with van der Waals surface area (Å²) in [5.74, 6) is -1.57. The summed E-state index contributed by atoms with van der Waals surface area (Å²) in [6, 6.07) is 3.76. The second-order valence-electron chi connectivity index (χ2n) is 3.30. The standard InChI is InChI=1S/C10H13NO3S/c1-7(10(13)14)6-11-9(12)5-8-3-2-4-15-8/h2-4,7H,5-6H2,1H3,(H,11,12)(H,13,14). The normalized spacial score (nSPS) is 12.1. The van der Waals surface area contributed by atoms with Gasteiger partial charge in [-0.25, -0.2) is 0 Å². The number of carbonyl (C=O) groups is 2. The second-order valence-corrected chi connectivity index (χ2v) is 4.33. The summed E-state index contributed by atoms with van der Waals surface area (Å²) in [6.45, 7) is 1.74. The molecule has 0 radical (unpaired) electrons. The van der Waals surface area contributed by atoms with Crippen molar-refractivity contribution in [2.24, 2.45) is 5.92 Å². The summed E-state index contributed by atoms with van der Waals surface area (Å²) in [7, 11) is 0. The molecule has 0 aliphatic rings. The lowest BCUT2D eigenvalue weighted by Crippen LogP contribution is -2.32. The molecule has 2 N–H and O–H groups in total. The number of amides is 1. The number of hydrogen-bond acceptors (Lipinski definition) is 3. The van der Waals surface area contributed by atoms with Crippen molar-refractivity contribution in [3.05, 3.63) is 22.4 Å². The van der Waals surface area contributed by atoms with E-state index in [9.17, 15) is 9.59 Å². The van der Waals surface area contributed by atoms with Crippen LogP contribution in [0.2, 0.25) is 0 Å². The lowest BCUT2D eigenvalue weighted by molar-refractivity contribution is -0.141. The molecular formula is C10H13NO3S. The molecule has 1 aromatic rings. The topological polar surface area (TPSA) is 66.4 Å². The number of carbonyl (C=O) groups excluding carboxylic acids is 1. The molecule has 1 heterocycles. The van der Waals surface area contributed by atoms with Gasteiger partial charge in [0.2, 0.25) is 5.91 Å². The van der Waals surface area contributed by atoms with E-state index in [1.54, 1.807) is 6.92 Å². The van der Waals surface area contributed by atoms with E-state index in [1.165, 1.54) is 11.3 Å². The number of hydrogen-bond donors (Lipinski definition) is 2. The van der Waals surface area contributed by atoms with E-state index < -0.39 is 11.9 Å². The van der Waals surface area contributed by atoms with Crippen LogP contribution in [-0.4, -0.2) is 23.5 Å². The second kappa shape index (κ2) is 5.50. The molecule has 0 saturated heterocycles. The van der Waals surface area contributed by atoms with Crippen molar-refractivity contribution in [3.63, 3.8) is 0 Å². The average molecular weight is 227 g/mol. The zero-order chi connectivity index (χ0) is 11.3. The third kappa shape index (κ3) is 4.12. The lowest BCUT2D eigenvalue weighted by Gasteiger charge is -2.07. The van der Waals surface area contributed by atoms with Crippen LogP contribution in [0, 0.1) is 5.92 Å². The molecule has 1 atom stereocenters. The fourth-order valence-electron chi connectivity index (χ4n) is 0.988. The Kier molecular flexibility index (Phi) is 4.30. The Balaban J connectivity index is 2.28. The van der Waals surface area contributed by atoms with Crippen LogP contribution in [0.3, 0.4) is 0 Å². The van der Waals surface area contributed by atoms with Gasteiger partial charge in [0.05, 0.1) is 12.3 Å². The predicted octanol–water partition coefficient (Wildman–Crippen LogP) is 1.13. The van der Waals surface area contributed by atoms with Gasteiger partial charge in [-0.1, -0.05) is 13.0 Å². The Morgan fingerprint density at radius 2 is 2.33 bits per heavy atom. The molecule has 5 heteroatoms. The Hall–Kier alpha value is -1.36. The van der Waals surface area contributed by atoms with Gasteiger partial charge >= 0.3 is 5.97 Å². The molecular weight excluding hydrogens is 214 g/mol. The summed E-state index contributed by atoms with van der Waals surface area (Å²) in [5, 5.41) is 13.1. The Labute approximate surface area is 91.9 Å². The molecule has 1 unspecified atom stereocenters. The molecule has 0 fully saturated rings. The number of carboxylic acids is 1. The van der Waals surface area contributed by atoms with E-state index in [1.807, 2.05) is 17.5 Å². The molecule has 15 heavy (non-hydrogen) atoms. The van der Waals surface area contributed by atoms with Crippen molar-refractivity contribution in [2.45, 2.75) is 13.3 Å². The van der Waals surface area contributed by atoms with Gasteiger partial charge in [-0.05, 0) is 11.4 Å². The van der Waals surface area contributed by atoms with Gasteiger partial charge in [-0.2, -0.15) is 0 Å². The zero-order valence-electron chi connectivity index (χ0n) is 8.40. The highest BCUT2D eigenvalue weighted by Gasteiger charge is 2.12. The number of aliphatic carboxylic acids is 1. The van der Waals surface area contributed by atoms with Crippen molar-refractivity contribution in [2.75, 3.05) is 6.54 Å². The van der Waals surface area contributed by atoms with Crippen molar-refractivity contribution < 1.29 is 14.7 Å². The SMILES string of the molecule is CC(CNC(=O)Cc1cccs1)C(=O)O. The largest absolute Gasteiger partial charge is 0.481 e. The molecule has 0 spiro atoms. The van der Waals surface area contributed by atoms with Crippen LogP contribution in [-0.2, 0) is 16.0 Å². The van der Waals surface area contributed by atoms with Gasteiger partial charge in [0.15, 0.2) is 0 Å². The van der Waals surface area contributed by atoms with E-state index >= 15 is 0 Å². The molecule has 1 aromatic heterocycles. The lowest BCUT2D eigenvalue weighted by atomic mass is 10.2. The van der Waals surface area contributed by atoms with E-state index in [4.69, 9.17) is 5.11 Å². The van der Waals surface area contributed by atoms with E-state index in [0.29, 0.717) is 6.42 Å². The quantitative estimate of drug-likeness (QED) is 0.792. The first-order valence-corrected chi connectivity index (χ1v) is 5.49. The molecule has 82 valence electrons. The summed E-state index contributed by atoms with van der Waals surface area (Å²) >= 11 is 1.51. The minimum atomic E-state index is -0.897. The first-order valence-electron chi connectivity index (χ1n) is 4.61. The van der Waals surface area contributed by atoms with Gasteiger partial charge in [0, 0.05) is 11.4 Å². The van der Waals surface area contributed by atoms with Crippen LogP contribution < -0.4 is 5.32 Å². The molecule has 4 nitrogen and oxygen atoms in total. The fourth-order valence-corrected chi connectivity index (χ4v) is 1.69. The fraction of sp³-hybridized carbons (Fsp3) is 0.400. The summed E-state index contributed by atoms with van der Waals surface area (Å²) in [6.07, 6.45) is 0.323. The van der Waals surface area contributed by atoms with Gasteiger partial charge in [-0.3, -0.25) is 9.59 Å². The van der Waals surface area contributed by atoms with Crippen LogP contribution in [0.4, 0.5) is 0 Å². The summed E-state index contributed by atoms with van der Waals surface area (Å²) in [4.78, 5) is 22.8. The highest BCUT2D eigenvalue weighted by Crippen LogP contribution is 2.08. The number of carboxylic acid groups (broad SMARTS) is 1. The Bertz CT molecular complexity index is 334. The number of nitrogens with one attached hydrogen (secondary N) is 1. The molecule has 0 aliphatic heterocycles. The Morgan fingerprint density at radius 3 is 2.87 bits per heavy atom. The molecule has 0 saturated carbocycles. The van der Waals surface area contributed by atoms with Crippen molar-refractivity contribution in [3.8, 4) is 0 Å². The minimum absolute atomic E-state index is 0.134. The molecule has 0 aliphatic carbocycles. The van der Waals surface area contributed by atoms with Crippen LogP contribution in [0.15, 0.2) is 17.5 Å². The van der Waals surface area contributed by atoms with Gasteiger partial charge in [0.25, 0.3) is 0 Å². The maximum atomic E-state index is 11.3. The van der Waals surface area contributed by atoms with Crippen molar-refractivity contribution in [1.82, 2.24) is 5.32 Å². The van der Waals surface area contributed by atoms with Gasteiger partial charge < -0.3 is 10.4 Å². The highest BCUT2D eigenvalue weighted by atomic mass is 32.1. The average Bonchev–Trinajstić information content (AvgIpc) is 2.66. The Morgan fingerprint density at radius 1 is 1.60 bits per heavy atom. The number of thiophene rings is 1. The first kappa shape index (κ1) is 11.7. The van der Waals surface area contributed by atoms with E-state index in [0.717, 1.165) is 4.88 Å². The van der Waals surface area contributed by atoms with Crippen LogP contribution >= 0.6 is 11.3 Å². The molecule has 1 amide bonds. The van der Waals surface area contributed by atoms with E-state index in [-0.39, 0.29) is 12.5 Å². The van der Waals surface area contributed by atoms with Gasteiger partial charge in [-0.15, -0.1) is 11.3 Å².